The minimum Gasteiger partial charge on any atom is -0.287 e. The van der Waals surface area contributed by atoms with Gasteiger partial charge in [0.2, 0.25) is 0 Å². The first-order valence-electron chi connectivity index (χ1n) is 17.2. The second kappa shape index (κ2) is 19.0. The number of hydrogen-bond donors (Lipinski definition) is 0. The molecule has 0 aromatic heterocycles. The van der Waals surface area contributed by atoms with E-state index in [9.17, 15) is 57.5 Å². The lowest BCUT2D eigenvalue weighted by atomic mass is 9.12. The summed E-state index contributed by atoms with van der Waals surface area (Å²) in [6, 6.07) is 18.1. The third-order valence-corrected chi connectivity index (χ3v) is 11.3. The quantitative estimate of drug-likeness (QED) is 0.0276. The van der Waals surface area contributed by atoms with Crippen LogP contribution >= 0.6 is 0 Å². The van der Waals surface area contributed by atoms with Gasteiger partial charge >= 0.3 is 5.97 Å². The Morgan fingerprint density at radius 3 is 0.938 bits per heavy atom. The fourth-order valence-electron chi connectivity index (χ4n) is 6.62. The molecule has 0 saturated carbocycles. The molecule has 1 unspecified atom stereocenters. The molecule has 6 rings (SSSR count). The maximum Gasteiger partial charge on any atom is 0.352 e. The third kappa shape index (κ3) is 8.52. The normalized spacial score (nSPS) is 11.9. The topological polar surface area (TPSA) is 35.5 Å². The summed E-state index contributed by atoms with van der Waals surface area (Å²) in [5.41, 5.74) is -13.0. The molecule has 0 bridgehead atoms. The molecule has 0 aliphatic heterocycles. The highest BCUT2D eigenvalue weighted by Gasteiger charge is 2.52. The zero-order valence-corrected chi connectivity index (χ0v) is 32.5. The Morgan fingerprint density at radius 1 is 0.415 bits per heavy atom. The Hall–Kier alpha value is -6.40. The average Bonchev–Trinajstić information content (AvgIpc) is 3.28. The van der Waals surface area contributed by atoms with Crippen LogP contribution in [0.5, 0.6) is 5.75 Å². The number of rotatable bonds is 9. The van der Waals surface area contributed by atoms with Gasteiger partial charge in [-0.2, -0.15) is 0 Å². The summed E-state index contributed by atoms with van der Waals surface area (Å²) < 4.78 is 294. The minimum absolute atomic E-state index is 0.131. The molecule has 0 spiro atoms. The lowest BCUT2D eigenvalue weighted by Gasteiger charge is -2.44. The summed E-state index contributed by atoms with van der Waals surface area (Å²) in [6.45, 7) is 1.30. The maximum absolute atomic E-state index is 15.4. The predicted octanol–water partition coefficient (Wildman–Crippen LogP) is 9.20. The van der Waals surface area contributed by atoms with Crippen molar-refractivity contribution in [3.63, 3.8) is 0 Å². The molecular weight excluding hydrogens is 951 g/mol. The highest BCUT2D eigenvalue weighted by Crippen LogP contribution is 2.31. The smallest absolute Gasteiger partial charge is 0.287 e. The van der Waals surface area contributed by atoms with Crippen LogP contribution in [-0.2, 0) is 26.3 Å². The maximum atomic E-state index is 15.4. The van der Waals surface area contributed by atoms with E-state index in [2.05, 4.69) is 35.4 Å². The zero-order chi connectivity index (χ0) is 48.7. The minimum atomic E-state index is -7.22. The average molecular weight is 968 g/mol. The fourth-order valence-corrected chi connectivity index (χ4v) is 8.08. The SMILES string of the molecule is CC(=O)OOc1ccc([S+](C)Cc2ccccc2)cc1.Fc1c(F)c(F)c([B-](c2c(F)c(F)c(F)c(F)c2F)(c2c(F)c(F)c(F)c(F)c2F)c2c(F)c(F)c(F)c(F)c2F)c(F)c1F. The third-order valence-electron chi connectivity index (χ3n) is 9.41. The molecule has 25 heteroatoms. The van der Waals surface area contributed by atoms with E-state index in [4.69, 9.17) is 4.89 Å². The van der Waals surface area contributed by atoms with Crippen molar-refractivity contribution in [1.82, 2.24) is 0 Å². The number of carbonyl (C=O) groups is 1. The molecule has 0 radical (unpaired) electrons. The van der Waals surface area contributed by atoms with Crippen LogP contribution in [0.1, 0.15) is 12.5 Å². The van der Waals surface area contributed by atoms with Gasteiger partial charge in [0.1, 0.15) is 64.7 Å². The van der Waals surface area contributed by atoms with E-state index in [1.165, 1.54) is 17.4 Å². The van der Waals surface area contributed by atoms with Gasteiger partial charge in [0.05, 0.1) is 0 Å². The van der Waals surface area contributed by atoms with Crippen LogP contribution in [0.3, 0.4) is 0 Å². The van der Waals surface area contributed by atoms with E-state index in [1.807, 2.05) is 30.3 Å². The van der Waals surface area contributed by atoms with Crippen molar-refractivity contribution in [2.75, 3.05) is 6.26 Å². The van der Waals surface area contributed by atoms with Crippen LogP contribution in [0.25, 0.3) is 0 Å². The Morgan fingerprint density at radius 2 is 0.677 bits per heavy atom. The van der Waals surface area contributed by atoms with E-state index in [0.29, 0.717) is 5.75 Å². The first-order valence-corrected chi connectivity index (χ1v) is 19.0. The van der Waals surface area contributed by atoms with Crippen molar-refractivity contribution in [2.45, 2.75) is 17.6 Å². The molecule has 0 aliphatic carbocycles. The Balaban J connectivity index is 0.000000330. The zero-order valence-electron chi connectivity index (χ0n) is 31.7. The second-order valence-corrected chi connectivity index (χ2v) is 15.2. The molecule has 0 N–H and O–H groups in total. The molecule has 344 valence electrons. The second-order valence-electron chi connectivity index (χ2n) is 13.2. The van der Waals surface area contributed by atoms with Crippen LogP contribution in [-0.4, -0.2) is 18.4 Å². The van der Waals surface area contributed by atoms with Crippen molar-refractivity contribution in [3.05, 3.63) is 177 Å². The fraction of sp³-hybridized carbons (Fsp3) is 0.0750. The number of hydrogen-bond acceptors (Lipinski definition) is 3. The lowest BCUT2D eigenvalue weighted by molar-refractivity contribution is -0.210. The van der Waals surface area contributed by atoms with E-state index < -0.39 is 150 Å². The van der Waals surface area contributed by atoms with Crippen molar-refractivity contribution in [1.29, 1.82) is 0 Å². The van der Waals surface area contributed by atoms with E-state index >= 15 is 35.1 Å². The molecule has 0 aliphatic rings. The molecule has 0 heterocycles. The van der Waals surface area contributed by atoms with Gasteiger partial charge in [-0.3, -0.25) is 9.78 Å². The van der Waals surface area contributed by atoms with E-state index in [1.54, 1.807) is 0 Å². The number of carbonyl (C=O) groups excluding carboxylic acids is 1. The van der Waals surface area contributed by atoms with Crippen molar-refractivity contribution >= 4 is 44.9 Å². The van der Waals surface area contributed by atoms with Crippen molar-refractivity contribution in [2.24, 2.45) is 0 Å². The molecular formula is C40H17BF20O3S. The molecule has 1 atom stereocenters. The number of benzene rings is 6. The van der Waals surface area contributed by atoms with Gasteiger partial charge in [-0.25, -0.2) is 92.6 Å². The van der Waals surface area contributed by atoms with Crippen LogP contribution in [0.2, 0.25) is 0 Å². The summed E-state index contributed by atoms with van der Waals surface area (Å²) in [6.07, 6.45) is -5.00. The van der Waals surface area contributed by atoms with Gasteiger partial charge < -0.3 is 0 Å². The summed E-state index contributed by atoms with van der Waals surface area (Å²) in [5, 5.41) is 0. The molecule has 0 amide bonds. The van der Waals surface area contributed by atoms with Gasteiger partial charge in [-0.15, -0.1) is 21.9 Å². The summed E-state index contributed by atoms with van der Waals surface area (Å²) in [5.74, 6) is -70.3. The first-order chi connectivity index (χ1) is 30.3. The lowest BCUT2D eigenvalue weighted by Crippen LogP contribution is -2.81. The first kappa shape index (κ1) is 49.6. The highest BCUT2D eigenvalue weighted by atomic mass is 32.2. The van der Waals surface area contributed by atoms with Gasteiger partial charge in [0.15, 0.2) is 80.5 Å². The summed E-state index contributed by atoms with van der Waals surface area (Å²) in [4.78, 5) is 21.3. The molecule has 6 aromatic carbocycles. The monoisotopic (exact) mass is 968 g/mol. The van der Waals surface area contributed by atoms with Gasteiger partial charge in [0, 0.05) is 23.4 Å². The molecule has 0 saturated heterocycles. The Bertz CT molecular complexity index is 2470. The molecule has 6 aromatic rings. The van der Waals surface area contributed by atoms with Crippen LogP contribution in [0.15, 0.2) is 59.5 Å². The van der Waals surface area contributed by atoms with Gasteiger partial charge in [-0.05, 0) is 24.3 Å². The van der Waals surface area contributed by atoms with E-state index in [0.717, 1.165) is 5.75 Å². The molecule has 65 heavy (non-hydrogen) atoms. The van der Waals surface area contributed by atoms with Crippen LogP contribution in [0, 0.1) is 116 Å². The highest BCUT2D eigenvalue weighted by molar-refractivity contribution is 7.95. The largest absolute Gasteiger partial charge is 0.352 e. The van der Waals surface area contributed by atoms with Crippen molar-refractivity contribution < 1.29 is 102 Å². The van der Waals surface area contributed by atoms with Gasteiger partial charge in [0.25, 0.3) is 0 Å². The summed E-state index contributed by atoms with van der Waals surface area (Å²) in [7, 11) is 0.131. The van der Waals surface area contributed by atoms with E-state index in [-0.39, 0.29) is 10.9 Å². The predicted molar refractivity (Wildman–Crippen MR) is 190 cm³/mol. The Kier molecular flexibility index (Phi) is 14.5. The summed E-state index contributed by atoms with van der Waals surface area (Å²) >= 11 is 0. The Labute approximate surface area is 353 Å². The standard InChI is InChI=1S/C24BF20.C16H17O3S/c26-5-1(6(27)14(35)21(42)13(5)34)25(2-7(28)15(36)22(43)16(37)8(2)29,3-9(30)17(38)23(44)18(39)10(3)31)4-11(32)19(40)24(45)20(41)12(4)33;1-13(17)18-19-15-8-10-16(11-9-15)20(2)12-14-6-4-3-5-7-14/h;3-11H,12H2,1-2H3/q-1;+1. The number of halogens is 20. The molecule has 3 nitrogen and oxygen atoms in total. The van der Waals surface area contributed by atoms with Crippen molar-refractivity contribution in [3.8, 4) is 5.75 Å². The van der Waals surface area contributed by atoms with Gasteiger partial charge in [-0.1, -0.05) is 30.3 Å². The van der Waals surface area contributed by atoms with Crippen LogP contribution < -0.4 is 26.7 Å². The molecule has 0 fully saturated rings. The van der Waals surface area contributed by atoms with Crippen LogP contribution in [0.4, 0.5) is 87.8 Å².